The fraction of sp³-hybridized carbons (Fsp3) is 0.700. The molecule has 0 saturated carbocycles. The topological polar surface area (TPSA) is 39.7 Å². The summed E-state index contributed by atoms with van der Waals surface area (Å²) in [6, 6.07) is 0. The Morgan fingerprint density at radius 2 is 2.50 bits per heavy atom. The molecule has 0 aromatic rings. The van der Waals surface area contributed by atoms with Crippen molar-refractivity contribution in [2.24, 2.45) is 4.99 Å². The summed E-state index contributed by atoms with van der Waals surface area (Å²) in [4.78, 5) is 6.84. The van der Waals surface area contributed by atoms with Crippen LogP contribution in [-0.4, -0.2) is 43.5 Å². The van der Waals surface area contributed by atoms with E-state index in [0.29, 0.717) is 0 Å². The zero-order valence-electron chi connectivity index (χ0n) is 8.71. The van der Waals surface area contributed by atoms with Crippen molar-refractivity contribution >= 4 is 5.84 Å². The Bertz CT molecular complexity index is 257. The van der Waals surface area contributed by atoms with Crippen molar-refractivity contribution in [1.29, 1.82) is 0 Å². The van der Waals surface area contributed by atoms with Gasteiger partial charge in [0.15, 0.2) is 0 Å². The molecule has 1 saturated heterocycles. The van der Waals surface area contributed by atoms with E-state index in [0.717, 1.165) is 45.0 Å². The van der Waals surface area contributed by atoms with Gasteiger partial charge in [-0.1, -0.05) is 6.92 Å². The monoisotopic (exact) mass is 194 g/mol. The smallest absolute Gasteiger partial charge is 0.124 e. The maximum absolute atomic E-state index is 4.49. The highest BCUT2D eigenvalue weighted by Gasteiger charge is 2.17. The highest BCUT2D eigenvalue weighted by Crippen LogP contribution is 2.08. The van der Waals surface area contributed by atoms with Crippen LogP contribution in [0.1, 0.15) is 13.3 Å². The first kappa shape index (κ1) is 9.37. The van der Waals surface area contributed by atoms with Gasteiger partial charge in [0.2, 0.25) is 0 Å². The predicted octanol–water partition coefficient (Wildman–Crippen LogP) is 0.145. The number of rotatable bonds is 2. The van der Waals surface area contributed by atoms with Gasteiger partial charge in [-0.15, -0.1) is 0 Å². The molecule has 0 atom stereocenters. The summed E-state index contributed by atoms with van der Waals surface area (Å²) >= 11 is 0. The molecule has 0 aromatic carbocycles. The molecule has 0 spiro atoms. The maximum Gasteiger partial charge on any atom is 0.124 e. The highest BCUT2D eigenvalue weighted by molar-refractivity contribution is 5.93. The van der Waals surface area contributed by atoms with E-state index in [1.54, 1.807) is 0 Å². The second-order valence-electron chi connectivity index (χ2n) is 3.64. The number of hydrogen-bond acceptors (Lipinski definition) is 4. The Kier molecular flexibility index (Phi) is 2.91. The molecule has 0 bridgehead atoms. The van der Waals surface area contributed by atoms with E-state index in [9.17, 15) is 0 Å². The standard InChI is InChI=1S/C10H18N4/c1-2-3-11-9-8-10-13-5-7-14(10)6-4-12-9/h8,13H,2-7H2,1H3,(H,11,12). The van der Waals surface area contributed by atoms with Crippen LogP contribution in [0.15, 0.2) is 16.9 Å². The van der Waals surface area contributed by atoms with E-state index >= 15 is 0 Å². The van der Waals surface area contributed by atoms with E-state index in [-0.39, 0.29) is 0 Å². The van der Waals surface area contributed by atoms with Crippen LogP contribution in [0.5, 0.6) is 0 Å². The third-order valence-corrected chi connectivity index (χ3v) is 2.51. The molecule has 78 valence electrons. The van der Waals surface area contributed by atoms with Gasteiger partial charge in [0.05, 0.1) is 6.54 Å². The van der Waals surface area contributed by atoms with E-state index in [1.807, 2.05) is 0 Å². The van der Waals surface area contributed by atoms with Crippen LogP contribution in [0.25, 0.3) is 0 Å². The fourth-order valence-electron chi connectivity index (χ4n) is 1.75. The second-order valence-corrected chi connectivity index (χ2v) is 3.64. The molecule has 14 heavy (non-hydrogen) atoms. The molecular weight excluding hydrogens is 176 g/mol. The molecule has 2 aliphatic rings. The quantitative estimate of drug-likeness (QED) is 0.657. The second kappa shape index (κ2) is 4.35. The van der Waals surface area contributed by atoms with E-state index < -0.39 is 0 Å². The summed E-state index contributed by atoms with van der Waals surface area (Å²) < 4.78 is 0. The SMILES string of the molecule is CCCNC1=NCCN2CCNC2=C1. The first-order valence-corrected chi connectivity index (χ1v) is 5.39. The molecule has 1 fully saturated rings. The third-order valence-electron chi connectivity index (χ3n) is 2.51. The third kappa shape index (κ3) is 2.00. The van der Waals surface area contributed by atoms with Crippen molar-refractivity contribution in [2.45, 2.75) is 13.3 Å². The molecule has 0 aromatic heterocycles. The first-order chi connectivity index (χ1) is 6.90. The van der Waals surface area contributed by atoms with Crippen LogP contribution >= 0.6 is 0 Å². The van der Waals surface area contributed by atoms with E-state index in [4.69, 9.17) is 0 Å². The first-order valence-electron chi connectivity index (χ1n) is 5.39. The van der Waals surface area contributed by atoms with Gasteiger partial charge in [-0.05, 0) is 6.42 Å². The molecule has 2 heterocycles. The van der Waals surface area contributed by atoms with Crippen LogP contribution < -0.4 is 10.6 Å². The van der Waals surface area contributed by atoms with E-state index in [2.05, 4.69) is 33.5 Å². The van der Waals surface area contributed by atoms with Crippen LogP contribution in [0.2, 0.25) is 0 Å². The number of fused-ring (bicyclic) bond motifs is 1. The van der Waals surface area contributed by atoms with Crippen molar-refractivity contribution in [3.8, 4) is 0 Å². The highest BCUT2D eigenvalue weighted by atomic mass is 15.3. The molecule has 4 heteroatoms. The summed E-state index contributed by atoms with van der Waals surface area (Å²) in [7, 11) is 0. The number of hydrogen-bond donors (Lipinski definition) is 2. The van der Waals surface area contributed by atoms with Crippen LogP contribution in [-0.2, 0) is 0 Å². The molecule has 2 rings (SSSR count). The lowest BCUT2D eigenvalue weighted by atomic mass is 10.4. The van der Waals surface area contributed by atoms with Crippen LogP contribution in [0, 0.1) is 0 Å². The van der Waals surface area contributed by atoms with Gasteiger partial charge in [-0.3, -0.25) is 4.99 Å². The minimum absolute atomic E-state index is 0.897. The van der Waals surface area contributed by atoms with Crippen molar-refractivity contribution in [3.63, 3.8) is 0 Å². The zero-order valence-corrected chi connectivity index (χ0v) is 8.71. The minimum Gasteiger partial charge on any atom is -0.370 e. The molecular formula is C10H18N4. The summed E-state index contributed by atoms with van der Waals surface area (Å²) in [5.41, 5.74) is 0. The lowest BCUT2D eigenvalue weighted by molar-refractivity contribution is 0.409. The van der Waals surface area contributed by atoms with Crippen molar-refractivity contribution in [2.75, 3.05) is 32.7 Å². The average molecular weight is 194 g/mol. The average Bonchev–Trinajstić information content (AvgIpc) is 2.54. The number of nitrogens with zero attached hydrogens (tertiary/aromatic N) is 2. The van der Waals surface area contributed by atoms with Gasteiger partial charge in [0.25, 0.3) is 0 Å². The van der Waals surface area contributed by atoms with Crippen molar-refractivity contribution < 1.29 is 0 Å². The summed E-state index contributed by atoms with van der Waals surface area (Å²) in [6.07, 6.45) is 3.26. The Hall–Kier alpha value is -1.19. The van der Waals surface area contributed by atoms with Gasteiger partial charge < -0.3 is 15.5 Å². The molecule has 2 N–H and O–H groups in total. The number of nitrogens with one attached hydrogen (secondary N) is 2. The summed E-state index contributed by atoms with van der Waals surface area (Å²) in [5, 5.41) is 6.70. The lowest BCUT2D eigenvalue weighted by Gasteiger charge is -2.15. The summed E-state index contributed by atoms with van der Waals surface area (Å²) in [5.74, 6) is 2.25. The van der Waals surface area contributed by atoms with Gasteiger partial charge in [0.1, 0.15) is 11.7 Å². The lowest BCUT2D eigenvalue weighted by Crippen LogP contribution is -2.24. The normalized spacial score (nSPS) is 20.5. The minimum atomic E-state index is 0.897. The van der Waals surface area contributed by atoms with Gasteiger partial charge in [0, 0.05) is 32.3 Å². The van der Waals surface area contributed by atoms with Crippen molar-refractivity contribution in [3.05, 3.63) is 11.9 Å². The molecule has 0 amide bonds. The Morgan fingerprint density at radius 3 is 3.36 bits per heavy atom. The number of amidine groups is 1. The molecule has 0 unspecified atom stereocenters. The predicted molar refractivity (Wildman–Crippen MR) is 58.3 cm³/mol. The van der Waals surface area contributed by atoms with Crippen LogP contribution in [0.4, 0.5) is 0 Å². The Labute approximate surface area is 85.1 Å². The Morgan fingerprint density at radius 1 is 1.57 bits per heavy atom. The van der Waals surface area contributed by atoms with E-state index in [1.165, 1.54) is 5.82 Å². The molecule has 0 radical (unpaired) electrons. The molecule has 0 aliphatic carbocycles. The number of aliphatic imine (C=N–C) groups is 1. The molecule has 2 aliphatic heterocycles. The van der Waals surface area contributed by atoms with Gasteiger partial charge >= 0.3 is 0 Å². The molecule has 4 nitrogen and oxygen atoms in total. The zero-order chi connectivity index (χ0) is 9.80. The Balaban J connectivity index is 2.02. The van der Waals surface area contributed by atoms with Gasteiger partial charge in [-0.2, -0.15) is 0 Å². The maximum atomic E-state index is 4.49. The summed E-state index contributed by atoms with van der Waals surface area (Å²) in [6.45, 7) is 7.28. The fourth-order valence-corrected chi connectivity index (χ4v) is 1.75. The van der Waals surface area contributed by atoms with Crippen LogP contribution in [0.3, 0.4) is 0 Å². The largest absolute Gasteiger partial charge is 0.370 e. The van der Waals surface area contributed by atoms with Crippen molar-refractivity contribution in [1.82, 2.24) is 15.5 Å². The van der Waals surface area contributed by atoms with Gasteiger partial charge in [-0.25, -0.2) is 0 Å².